The number of benzene rings is 1. The minimum absolute atomic E-state index is 0.722. The van der Waals surface area contributed by atoms with E-state index in [2.05, 4.69) is 23.4 Å². The first-order valence-electron chi connectivity index (χ1n) is 4.80. The van der Waals surface area contributed by atoms with Gasteiger partial charge in [0.05, 0.1) is 5.52 Å². The van der Waals surface area contributed by atoms with Crippen LogP contribution in [0.2, 0.25) is 5.02 Å². The molecule has 2 rings (SSSR count). The number of hydrogen-bond donors (Lipinski definition) is 2. The van der Waals surface area contributed by atoms with Crippen molar-refractivity contribution in [2.45, 2.75) is 13.3 Å². The molecule has 15 heavy (non-hydrogen) atoms. The van der Waals surface area contributed by atoms with Crippen LogP contribution in [0.25, 0.3) is 10.9 Å². The normalized spacial score (nSPS) is 10.6. The van der Waals surface area contributed by atoms with E-state index in [0.717, 1.165) is 33.7 Å². The fourth-order valence-electron chi connectivity index (χ4n) is 1.59. The SMILES string of the molecule is CCc1cc2cc(Cl)ccc2nc1NN. The Kier molecular flexibility index (Phi) is 2.75. The van der Waals surface area contributed by atoms with Crippen LogP contribution in [-0.2, 0) is 6.42 Å². The Morgan fingerprint density at radius 3 is 2.87 bits per heavy atom. The van der Waals surface area contributed by atoms with Crippen molar-refractivity contribution in [1.29, 1.82) is 0 Å². The molecule has 78 valence electrons. The van der Waals surface area contributed by atoms with Crippen molar-refractivity contribution in [3.05, 3.63) is 34.9 Å². The van der Waals surface area contributed by atoms with Gasteiger partial charge in [-0.25, -0.2) is 10.8 Å². The van der Waals surface area contributed by atoms with E-state index in [1.54, 1.807) is 0 Å². The summed E-state index contributed by atoms with van der Waals surface area (Å²) in [5.74, 6) is 6.14. The Labute approximate surface area is 93.2 Å². The van der Waals surface area contributed by atoms with Crippen molar-refractivity contribution < 1.29 is 0 Å². The van der Waals surface area contributed by atoms with Crippen LogP contribution in [0.1, 0.15) is 12.5 Å². The van der Waals surface area contributed by atoms with Crippen LogP contribution in [0.15, 0.2) is 24.3 Å². The number of fused-ring (bicyclic) bond motifs is 1. The number of aryl methyl sites for hydroxylation is 1. The van der Waals surface area contributed by atoms with Crippen molar-refractivity contribution in [3.8, 4) is 0 Å². The third kappa shape index (κ3) is 1.89. The first kappa shape index (κ1) is 10.2. The van der Waals surface area contributed by atoms with Crippen molar-refractivity contribution in [2.75, 3.05) is 5.43 Å². The number of hydrazine groups is 1. The molecule has 4 heteroatoms. The number of anilines is 1. The third-order valence-corrected chi connectivity index (χ3v) is 2.61. The highest BCUT2D eigenvalue weighted by Gasteiger charge is 2.04. The predicted molar refractivity (Wildman–Crippen MR) is 63.9 cm³/mol. The summed E-state index contributed by atoms with van der Waals surface area (Å²) in [5.41, 5.74) is 4.59. The van der Waals surface area contributed by atoms with Gasteiger partial charge >= 0.3 is 0 Å². The summed E-state index contributed by atoms with van der Waals surface area (Å²) in [4.78, 5) is 4.41. The summed E-state index contributed by atoms with van der Waals surface area (Å²) >= 11 is 5.92. The van der Waals surface area contributed by atoms with Gasteiger partial charge in [0, 0.05) is 10.4 Å². The minimum Gasteiger partial charge on any atom is -0.308 e. The highest BCUT2D eigenvalue weighted by molar-refractivity contribution is 6.31. The Morgan fingerprint density at radius 2 is 2.20 bits per heavy atom. The van der Waals surface area contributed by atoms with Gasteiger partial charge in [0.1, 0.15) is 5.82 Å². The molecule has 0 spiro atoms. The van der Waals surface area contributed by atoms with Crippen molar-refractivity contribution in [1.82, 2.24) is 4.98 Å². The highest BCUT2D eigenvalue weighted by atomic mass is 35.5. The largest absolute Gasteiger partial charge is 0.308 e. The number of nitrogens with zero attached hydrogens (tertiary/aromatic N) is 1. The number of rotatable bonds is 2. The number of hydrogen-bond acceptors (Lipinski definition) is 3. The van der Waals surface area contributed by atoms with Crippen LogP contribution < -0.4 is 11.3 Å². The van der Waals surface area contributed by atoms with Crippen LogP contribution in [0, 0.1) is 0 Å². The van der Waals surface area contributed by atoms with Crippen molar-refractivity contribution in [2.24, 2.45) is 5.84 Å². The smallest absolute Gasteiger partial charge is 0.143 e. The Morgan fingerprint density at radius 1 is 1.40 bits per heavy atom. The molecular formula is C11H12ClN3. The van der Waals surface area contributed by atoms with E-state index in [0.29, 0.717) is 0 Å². The molecular weight excluding hydrogens is 210 g/mol. The third-order valence-electron chi connectivity index (χ3n) is 2.37. The van der Waals surface area contributed by atoms with Gasteiger partial charge < -0.3 is 5.43 Å². The van der Waals surface area contributed by atoms with E-state index < -0.39 is 0 Å². The maximum absolute atomic E-state index is 5.92. The second kappa shape index (κ2) is 4.04. The molecule has 3 N–H and O–H groups in total. The van der Waals surface area contributed by atoms with Gasteiger partial charge in [0.2, 0.25) is 0 Å². The lowest BCUT2D eigenvalue weighted by Gasteiger charge is -2.08. The van der Waals surface area contributed by atoms with Gasteiger partial charge in [0.15, 0.2) is 0 Å². The summed E-state index contributed by atoms with van der Waals surface area (Å²) in [6.07, 6.45) is 0.884. The standard InChI is InChI=1S/C11H12ClN3/c1-2-7-5-8-6-9(12)3-4-10(8)14-11(7)15-13/h3-6H,2,13H2,1H3,(H,14,15). The van der Waals surface area contributed by atoms with Crippen LogP contribution in [-0.4, -0.2) is 4.98 Å². The average Bonchev–Trinajstić information content (AvgIpc) is 2.27. The predicted octanol–water partition coefficient (Wildman–Crippen LogP) is 2.74. The lowest BCUT2D eigenvalue weighted by Crippen LogP contribution is -2.11. The second-order valence-electron chi connectivity index (χ2n) is 3.33. The maximum Gasteiger partial charge on any atom is 0.143 e. The zero-order chi connectivity index (χ0) is 10.8. The first-order valence-corrected chi connectivity index (χ1v) is 5.18. The lowest BCUT2D eigenvalue weighted by molar-refractivity contribution is 1.10. The van der Waals surface area contributed by atoms with E-state index in [1.807, 2.05) is 18.2 Å². The number of aromatic nitrogens is 1. The van der Waals surface area contributed by atoms with Crippen molar-refractivity contribution in [3.63, 3.8) is 0 Å². The van der Waals surface area contributed by atoms with Gasteiger partial charge in [-0.3, -0.25) is 0 Å². The van der Waals surface area contributed by atoms with E-state index >= 15 is 0 Å². The lowest BCUT2D eigenvalue weighted by atomic mass is 10.1. The number of nitrogens with two attached hydrogens (primary N) is 1. The Bertz CT molecular complexity index is 496. The fourth-order valence-corrected chi connectivity index (χ4v) is 1.77. The number of nitrogens with one attached hydrogen (secondary N) is 1. The highest BCUT2D eigenvalue weighted by Crippen LogP contribution is 2.23. The molecule has 2 aromatic rings. The monoisotopic (exact) mass is 221 g/mol. The molecule has 1 aromatic heterocycles. The molecule has 0 aliphatic heterocycles. The number of pyridine rings is 1. The molecule has 0 atom stereocenters. The molecule has 0 bridgehead atoms. The topological polar surface area (TPSA) is 50.9 Å². The van der Waals surface area contributed by atoms with Gasteiger partial charge in [-0.2, -0.15) is 0 Å². The zero-order valence-corrected chi connectivity index (χ0v) is 9.17. The zero-order valence-electron chi connectivity index (χ0n) is 8.42. The summed E-state index contributed by atoms with van der Waals surface area (Å²) in [6, 6.07) is 7.67. The Hall–Kier alpha value is -1.32. The molecule has 0 unspecified atom stereocenters. The van der Waals surface area contributed by atoms with Crippen LogP contribution in [0.5, 0.6) is 0 Å². The molecule has 0 saturated heterocycles. The molecule has 0 amide bonds. The Balaban J connectivity index is 2.69. The summed E-state index contributed by atoms with van der Waals surface area (Å²) in [7, 11) is 0. The van der Waals surface area contributed by atoms with E-state index in [4.69, 9.17) is 17.4 Å². The van der Waals surface area contributed by atoms with E-state index in [1.165, 1.54) is 0 Å². The van der Waals surface area contributed by atoms with E-state index in [-0.39, 0.29) is 0 Å². The number of nitrogen functional groups attached to an aromatic ring is 1. The summed E-state index contributed by atoms with van der Waals surface area (Å²) in [6.45, 7) is 2.06. The average molecular weight is 222 g/mol. The van der Waals surface area contributed by atoms with Gasteiger partial charge in [-0.1, -0.05) is 18.5 Å². The molecule has 0 saturated carbocycles. The van der Waals surface area contributed by atoms with Gasteiger partial charge in [-0.15, -0.1) is 0 Å². The molecule has 0 aliphatic carbocycles. The molecule has 0 aliphatic rings. The second-order valence-corrected chi connectivity index (χ2v) is 3.77. The van der Waals surface area contributed by atoms with Crippen LogP contribution in [0.4, 0.5) is 5.82 Å². The summed E-state index contributed by atoms with van der Waals surface area (Å²) in [5, 5.41) is 1.76. The van der Waals surface area contributed by atoms with Gasteiger partial charge in [-0.05, 0) is 36.2 Å². The van der Waals surface area contributed by atoms with E-state index in [9.17, 15) is 0 Å². The molecule has 3 nitrogen and oxygen atoms in total. The fraction of sp³-hybridized carbons (Fsp3) is 0.182. The van der Waals surface area contributed by atoms with Crippen LogP contribution >= 0.6 is 11.6 Å². The van der Waals surface area contributed by atoms with Crippen LogP contribution in [0.3, 0.4) is 0 Å². The first-order chi connectivity index (χ1) is 7.24. The molecule has 1 heterocycles. The quantitative estimate of drug-likeness (QED) is 0.606. The maximum atomic E-state index is 5.92. The molecule has 0 radical (unpaired) electrons. The van der Waals surface area contributed by atoms with Gasteiger partial charge in [0.25, 0.3) is 0 Å². The molecule has 0 fully saturated rings. The minimum atomic E-state index is 0.722. The van der Waals surface area contributed by atoms with Crippen molar-refractivity contribution >= 4 is 28.3 Å². The summed E-state index contributed by atoms with van der Waals surface area (Å²) < 4.78 is 0. The molecule has 1 aromatic carbocycles. The number of halogens is 1.